The van der Waals surface area contributed by atoms with Gasteiger partial charge < -0.3 is 15.8 Å². The Balaban J connectivity index is 2.31. The molecule has 0 saturated carbocycles. The molecule has 0 amide bonds. The molecule has 0 aliphatic carbocycles. The van der Waals surface area contributed by atoms with Crippen LogP contribution in [0.1, 0.15) is 23.1 Å². The van der Waals surface area contributed by atoms with Crippen LogP contribution in [0, 0.1) is 6.92 Å². The number of pyridine rings is 1. The van der Waals surface area contributed by atoms with Crippen LogP contribution in [0.25, 0.3) is 0 Å². The first-order chi connectivity index (χ1) is 9.63. The minimum Gasteiger partial charge on any atom is -0.409 e. The Morgan fingerprint density at radius 3 is 2.90 bits per heavy atom. The van der Waals surface area contributed by atoms with E-state index in [-0.39, 0.29) is 5.84 Å². The third-order valence-corrected chi connectivity index (χ3v) is 3.84. The molecule has 0 radical (unpaired) electrons. The molecule has 0 unspecified atom stereocenters. The highest BCUT2D eigenvalue weighted by molar-refractivity contribution is 7.09. The highest BCUT2D eigenvalue weighted by atomic mass is 32.1. The van der Waals surface area contributed by atoms with Crippen LogP contribution in [0.3, 0.4) is 0 Å². The van der Waals surface area contributed by atoms with E-state index in [4.69, 9.17) is 10.9 Å². The number of hydrogen-bond donors (Lipinski definition) is 2. The second-order valence-corrected chi connectivity index (χ2v) is 5.47. The Morgan fingerprint density at radius 2 is 2.30 bits per heavy atom. The molecule has 20 heavy (non-hydrogen) atoms. The summed E-state index contributed by atoms with van der Waals surface area (Å²) in [5.74, 6) is 0.937. The molecular formula is C14H18N4OS. The number of nitrogens with two attached hydrogens (primary N) is 1. The van der Waals surface area contributed by atoms with Gasteiger partial charge >= 0.3 is 0 Å². The van der Waals surface area contributed by atoms with Crippen molar-refractivity contribution in [3.8, 4) is 0 Å². The average Bonchev–Trinajstić information content (AvgIpc) is 2.96. The molecule has 106 valence electrons. The lowest BCUT2D eigenvalue weighted by atomic mass is 10.2. The summed E-state index contributed by atoms with van der Waals surface area (Å²) >= 11 is 1.72. The molecule has 2 aromatic rings. The summed E-state index contributed by atoms with van der Waals surface area (Å²) in [4.78, 5) is 7.98. The molecule has 0 aromatic carbocycles. The lowest BCUT2D eigenvalue weighted by Gasteiger charge is -2.22. The van der Waals surface area contributed by atoms with Gasteiger partial charge in [-0.3, -0.25) is 0 Å². The number of thiophene rings is 1. The van der Waals surface area contributed by atoms with E-state index in [1.165, 1.54) is 4.88 Å². The fourth-order valence-electron chi connectivity index (χ4n) is 1.96. The Morgan fingerprint density at radius 1 is 1.50 bits per heavy atom. The van der Waals surface area contributed by atoms with Crippen LogP contribution < -0.4 is 10.6 Å². The molecule has 0 bridgehead atoms. The molecule has 0 atom stereocenters. The second kappa shape index (κ2) is 6.38. The zero-order chi connectivity index (χ0) is 14.5. The van der Waals surface area contributed by atoms with Gasteiger partial charge in [-0.25, -0.2) is 4.98 Å². The van der Waals surface area contributed by atoms with Crippen LogP contribution in [0.4, 0.5) is 5.82 Å². The summed E-state index contributed by atoms with van der Waals surface area (Å²) in [6.45, 7) is 5.63. The van der Waals surface area contributed by atoms with Gasteiger partial charge in [-0.2, -0.15) is 0 Å². The van der Waals surface area contributed by atoms with Crippen LogP contribution >= 0.6 is 11.3 Å². The van der Waals surface area contributed by atoms with Gasteiger partial charge in [0, 0.05) is 22.7 Å². The average molecular weight is 290 g/mol. The van der Waals surface area contributed by atoms with E-state index in [1.54, 1.807) is 17.4 Å². The molecule has 2 heterocycles. The van der Waals surface area contributed by atoms with Gasteiger partial charge in [-0.05, 0) is 37.4 Å². The van der Waals surface area contributed by atoms with Crippen molar-refractivity contribution in [2.75, 3.05) is 11.4 Å². The van der Waals surface area contributed by atoms with Gasteiger partial charge in [0.05, 0.1) is 6.54 Å². The van der Waals surface area contributed by atoms with Crippen molar-refractivity contribution in [1.82, 2.24) is 4.98 Å². The van der Waals surface area contributed by atoms with Gasteiger partial charge in [-0.15, -0.1) is 11.3 Å². The molecular weight excluding hydrogens is 272 g/mol. The summed E-state index contributed by atoms with van der Waals surface area (Å²) in [7, 11) is 0. The minimum absolute atomic E-state index is 0.101. The lowest BCUT2D eigenvalue weighted by Crippen LogP contribution is -2.24. The Bertz CT molecular complexity index is 595. The standard InChI is InChI=1S/C14H18N4OS/c1-3-18(9-12-5-4-6-20-12)13-8-11(14(15)17-19)7-10(2)16-13/h4-8,19H,3,9H2,1-2H3,(H2,15,17). The van der Waals surface area contributed by atoms with E-state index < -0.39 is 0 Å². The summed E-state index contributed by atoms with van der Waals surface area (Å²) in [5, 5.41) is 13.9. The quantitative estimate of drug-likeness (QED) is 0.384. The van der Waals surface area contributed by atoms with Crippen molar-refractivity contribution in [3.05, 3.63) is 45.8 Å². The van der Waals surface area contributed by atoms with Crippen molar-refractivity contribution in [2.24, 2.45) is 10.9 Å². The maximum atomic E-state index is 8.80. The van der Waals surface area contributed by atoms with Gasteiger partial charge in [0.15, 0.2) is 5.84 Å². The maximum Gasteiger partial charge on any atom is 0.170 e. The van der Waals surface area contributed by atoms with E-state index in [2.05, 4.69) is 33.4 Å². The number of hydrogen-bond acceptors (Lipinski definition) is 5. The molecule has 0 aliphatic heterocycles. The fourth-order valence-corrected chi connectivity index (χ4v) is 2.68. The molecule has 2 aromatic heterocycles. The summed E-state index contributed by atoms with van der Waals surface area (Å²) in [6, 6.07) is 7.80. The zero-order valence-electron chi connectivity index (χ0n) is 11.6. The van der Waals surface area contributed by atoms with Crippen LogP contribution in [-0.4, -0.2) is 22.6 Å². The number of oxime groups is 1. The molecule has 0 aliphatic rings. The zero-order valence-corrected chi connectivity index (χ0v) is 12.4. The minimum atomic E-state index is 0.101. The van der Waals surface area contributed by atoms with Gasteiger partial charge in [0.25, 0.3) is 0 Å². The Kier molecular flexibility index (Phi) is 4.57. The first kappa shape index (κ1) is 14.3. The van der Waals surface area contributed by atoms with Gasteiger partial charge in [-0.1, -0.05) is 11.2 Å². The Hall–Kier alpha value is -2.08. The highest BCUT2D eigenvalue weighted by Crippen LogP contribution is 2.19. The van der Waals surface area contributed by atoms with Crippen LogP contribution in [0.2, 0.25) is 0 Å². The van der Waals surface area contributed by atoms with Crippen molar-refractivity contribution < 1.29 is 5.21 Å². The molecule has 6 heteroatoms. The first-order valence-corrected chi connectivity index (χ1v) is 7.26. The normalized spacial score (nSPS) is 11.6. The van der Waals surface area contributed by atoms with Gasteiger partial charge in [0.1, 0.15) is 5.82 Å². The Labute approximate surface area is 122 Å². The summed E-state index contributed by atoms with van der Waals surface area (Å²) in [5.41, 5.74) is 7.19. The summed E-state index contributed by atoms with van der Waals surface area (Å²) in [6.07, 6.45) is 0. The number of aromatic nitrogens is 1. The van der Waals surface area contributed by atoms with Crippen LogP contribution in [-0.2, 0) is 6.54 Å². The van der Waals surface area contributed by atoms with E-state index in [9.17, 15) is 0 Å². The number of anilines is 1. The number of aryl methyl sites for hydroxylation is 1. The van der Waals surface area contributed by atoms with Gasteiger partial charge in [0.2, 0.25) is 0 Å². The number of amidine groups is 1. The van der Waals surface area contributed by atoms with Crippen molar-refractivity contribution in [1.29, 1.82) is 0 Å². The van der Waals surface area contributed by atoms with Crippen molar-refractivity contribution in [2.45, 2.75) is 20.4 Å². The smallest absolute Gasteiger partial charge is 0.170 e. The third-order valence-electron chi connectivity index (χ3n) is 2.98. The first-order valence-electron chi connectivity index (χ1n) is 6.38. The largest absolute Gasteiger partial charge is 0.409 e. The van der Waals surface area contributed by atoms with E-state index in [0.717, 1.165) is 24.6 Å². The maximum absolute atomic E-state index is 8.80. The number of nitrogens with zero attached hydrogens (tertiary/aromatic N) is 3. The molecule has 0 spiro atoms. The molecule has 5 nitrogen and oxygen atoms in total. The second-order valence-electron chi connectivity index (χ2n) is 4.43. The van der Waals surface area contributed by atoms with Crippen molar-refractivity contribution in [3.63, 3.8) is 0 Å². The lowest BCUT2D eigenvalue weighted by molar-refractivity contribution is 0.318. The third kappa shape index (κ3) is 3.27. The van der Waals surface area contributed by atoms with E-state index in [0.29, 0.717) is 5.56 Å². The monoisotopic (exact) mass is 290 g/mol. The van der Waals surface area contributed by atoms with E-state index >= 15 is 0 Å². The highest BCUT2D eigenvalue weighted by Gasteiger charge is 2.11. The van der Waals surface area contributed by atoms with Crippen LogP contribution in [0.5, 0.6) is 0 Å². The topological polar surface area (TPSA) is 74.7 Å². The molecule has 0 saturated heterocycles. The summed E-state index contributed by atoms with van der Waals surface area (Å²) < 4.78 is 0. The molecule has 3 N–H and O–H groups in total. The van der Waals surface area contributed by atoms with Crippen LogP contribution in [0.15, 0.2) is 34.8 Å². The van der Waals surface area contributed by atoms with E-state index in [1.807, 2.05) is 19.1 Å². The molecule has 0 fully saturated rings. The number of rotatable bonds is 5. The fraction of sp³-hybridized carbons (Fsp3) is 0.286. The predicted octanol–water partition coefficient (Wildman–Crippen LogP) is 2.57. The predicted molar refractivity (Wildman–Crippen MR) is 82.5 cm³/mol. The SMILES string of the molecule is CCN(Cc1cccs1)c1cc(/C(N)=N/O)cc(C)n1. The van der Waals surface area contributed by atoms with Crippen molar-refractivity contribution >= 4 is 23.0 Å². The molecule has 2 rings (SSSR count).